The lowest BCUT2D eigenvalue weighted by molar-refractivity contribution is -0.122. The van der Waals surface area contributed by atoms with E-state index in [4.69, 9.17) is 5.10 Å². The summed E-state index contributed by atoms with van der Waals surface area (Å²) in [7, 11) is -4.06. The van der Waals surface area contributed by atoms with E-state index < -0.39 is 26.6 Å². The third kappa shape index (κ3) is 6.61. The Kier molecular flexibility index (Phi) is 8.39. The van der Waals surface area contributed by atoms with Crippen molar-refractivity contribution in [3.63, 3.8) is 0 Å². The molecule has 1 amide bonds. The van der Waals surface area contributed by atoms with Gasteiger partial charge in [-0.1, -0.05) is 32.0 Å². The molecule has 3 aromatic rings. The van der Waals surface area contributed by atoms with Gasteiger partial charge in [-0.2, -0.15) is 9.40 Å². The highest BCUT2D eigenvalue weighted by molar-refractivity contribution is 7.89. The topological polar surface area (TPSA) is 84.3 Å². The van der Waals surface area contributed by atoms with Crippen molar-refractivity contribution in [2.45, 2.75) is 51.0 Å². The van der Waals surface area contributed by atoms with Crippen molar-refractivity contribution in [1.29, 1.82) is 0 Å². The number of benzene rings is 2. The molecule has 0 spiro atoms. The minimum atomic E-state index is -4.06. The van der Waals surface area contributed by atoms with E-state index in [1.165, 1.54) is 4.31 Å². The summed E-state index contributed by atoms with van der Waals surface area (Å²) in [5.74, 6) is -1.58. The van der Waals surface area contributed by atoms with Crippen LogP contribution in [0.25, 0.3) is 5.69 Å². The predicted octanol–water partition coefficient (Wildman–Crippen LogP) is 4.46. The SMILES string of the molecule is CC(C)Cc1cc(CNC(=O)CC2CCN(S(=O)(=O)c3ccc(F)cc3F)CC2)nn1-c1ccccc1. The van der Waals surface area contributed by atoms with Crippen LogP contribution in [0, 0.1) is 23.5 Å². The van der Waals surface area contributed by atoms with Crippen LogP contribution in [-0.4, -0.2) is 41.5 Å². The minimum Gasteiger partial charge on any atom is -0.350 e. The van der Waals surface area contributed by atoms with E-state index in [2.05, 4.69) is 19.2 Å². The number of amides is 1. The third-order valence-corrected chi connectivity index (χ3v) is 8.41. The zero-order chi connectivity index (χ0) is 26.6. The lowest BCUT2D eigenvalue weighted by Gasteiger charge is -2.31. The molecular formula is C27H32F2N4O3S. The summed E-state index contributed by atoms with van der Waals surface area (Å²) < 4.78 is 55.9. The molecule has 1 aliphatic rings. The van der Waals surface area contributed by atoms with Gasteiger partial charge in [-0.15, -0.1) is 0 Å². The lowest BCUT2D eigenvalue weighted by atomic mass is 9.94. The number of aromatic nitrogens is 2. The fourth-order valence-corrected chi connectivity index (χ4v) is 6.13. The van der Waals surface area contributed by atoms with Gasteiger partial charge in [-0.3, -0.25) is 4.79 Å². The van der Waals surface area contributed by atoms with Crippen molar-refractivity contribution in [1.82, 2.24) is 19.4 Å². The van der Waals surface area contributed by atoms with Gasteiger partial charge < -0.3 is 5.32 Å². The first-order chi connectivity index (χ1) is 17.6. The molecule has 4 rings (SSSR count). The molecule has 0 atom stereocenters. The molecule has 2 aromatic carbocycles. The smallest absolute Gasteiger partial charge is 0.245 e. The highest BCUT2D eigenvalue weighted by Gasteiger charge is 2.32. The Morgan fingerprint density at radius 1 is 1.08 bits per heavy atom. The number of hydrogen-bond donors (Lipinski definition) is 1. The average Bonchev–Trinajstić information content (AvgIpc) is 3.25. The normalized spacial score (nSPS) is 15.3. The van der Waals surface area contributed by atoms with E-state index in [1.807, 2.05) is 41.1 Å². The average molecular weight is 531 g/mol. The molecule has 0 bridgehead atoms. The third-order valence-electron chi connectivity index (χ3n) is 6.48. The second-order valence-electron chi connectivity index (χ2n) is 9.88. The zero-order valence-electron chi connectivity index (χ0n) is 21.0. The largest absolute Gasteiger partial charge is 0.350 e. The fourth-order valence-electron chi connectivity index (χ4n) is 4.62. The quantitative estimate of drug-likeness (QED) is 0.443. The Labute approximate surface area is 216 Å². The summed E-state index contributed by atoms with van der Waals surface area (Å²) in [4.78, 5) is 12.1. The number of nitrogens with one attached hydrogen (secondary N) is 1. The summed E-state index contributed by atoms with van der Waals surface area (Å²) >= 11 is 0. The Morgan fingerprint density at radius 3 is 2.43 bits per heavy atom. The molecule has 0 aliphatic carbocycles. The molecule has 37 heavy (non-hydrogen) atoms. The molecule has 198 valence electrons. The number of piperidine rings is 1. The maximum Gasteiger partial charge on any atom is 0.245 e. The van der Waals surface area contributed by atoms with Gasteiger partial charge in [0.25, 0.3) is 0 Å². The van der Waals surface area contributed by atoms with Gasteiger partial charge in [-0.25, -0.2) is 21.9 Å². The Balaban J connectivity index is 1.31. The first-order valence-electron chi connectivity index (χ1n) is 12.5. The highest BCUT2D eigenvalue weighted by Crippen LogP contribution is 2.27. The van der Waals surface area contributed by atoms with Crippen molar-refractivity contribution in [2.75, 3.05) is 13.1 Å². The molecule has 1 N–H and O–H groups in total. The molecule has 1 aliphatic heterocycles. The van der Waals surface area contributed by atoms with E-state index in [-0.39, 0.29) is 31.3 Å². The van der Waals surface area contributed by atoms with Crippen LogP contribution in [0.1, 0.15) is 44.5 Å². The van der Waals surface area contributed by atoms with Crippen LogP contribution < -0.4 is 5.32 Å². The fraction of sp³-hybridized carbons (Fsp3) is 0.407. The Morgan fingerprint density at radius 2 is 1.78 bits per heavy atom. The molecule has 0 unspecified atom stereocenters. The Hall–Kier alpha value is -3.11. The number of halogens is 2. The van der Waals surface area contributed by atoms with Crippen LogP contribution in [-0.2, 0) is 27.8 Å². The molecular weight excluding hydrogens is 498 g/mol. The van der Waals surface area contributed by atoms with Gasteiger partial charge in [0.05, 0.1) is 17.9 Å². The number of rotatable bonds is 9. The molecule has 1 fully saturated rings. The molecule has 1 saturated heterocycles. The summed E-state index contributed by atoms with van der Waals surface area (Å²) in [6, 6.07) is 14.3. The number of para-hydroxylation sites is 1. The van der Waals surface area contributed by atoms with Gasteiger partial charge in [-0.05, 0) is 61.4 Å². The number of carbonyl (C=O) groups is 1. The molecule has 1 aromatic heterocycles. The highest BCUT2D eigenvalue weighted by atomic mass is 32.2. The van der Waals surface area contributed by atoms with Crippen molar-refractivity contribution >= 4 is 15.9 Å². The van der Waals surface area contributed by atoms with Gasteiger partial charge in [0.1, 0.15) is 16.5 Å². The summed E-state index contributed by atoms with van der Waals surface area (Å²) in [6.45, 7) is 4.96. The standard InChI is InChI=1S/C27H32F2N4O3S/c1-19(2)14-24-17-22(31-33(24)23-6-4-3-5-7-23)18-30-27(34)15-20-10-12-32(13-11-20)37(35,36)26-9-8-21(28)16-25(26)29/h3-9,16-17,19-20H,10-15,18H2,1-2H3,(H,30,34). The van der Waals surface area contributed by atoms with Gasteiger partial charge >= 0.3 is 0 Å². The van der Waals surface area contributed by atoms with E-state index in [0.717, 1.165) is 35.6 Å². The van der Waals surface area contributed by atoms with Crippen LogP contribution in [0.5, 0.6) is 0 Å². The summed E-state index contributed by atoms with van der Waals surface area (Å²) in [5.41, 5.74) is 2.82. The zero-order valence-corrected chi connectivity index (χ0v) is 21.8. The van der Waals surface area contributed by atoms with Crippen molar-refractivity contribution in [2.24, 2.45) is 11.8 Å². The van der Waals surface area contributed by atoms with Crippen LogP contribution in [0.15, 0.2) is 59.5 Å². The monoisotopic (exact) mass is 530 g/mol. The predicted molar refractivity (Wildman–Crippen MR) is 136 cm³/mol. The number of carbonyl (C=O) groups excluding carboxylic acids is 1. The van der Waals surface area contributed by atoms with Gasteiger partial charge in [0.2, 0.25) is 15.9 Å². The number of sulfonamides is 1. The Bertz CT molecular complexity index is 1330. The van der Waals surface area contributed by atoms with E-state index in [1.54, 1.807) is 0 Å². The first-order valence-corrected chi connectivity index (χ1v) is 13.9. The van der Waals surface area contributed by atoms with Crippen LogP contribution in [0.4, 0.5) is 8.78 Å². The maximum absolute atomic E-state index is 14.1. The van der Waals surface area contributed by atoms with Crippen LogP contribution >= 0.6 is 0 Å². The minimum absolute atomic E-state index is 0.0166. The van der Waals surface area contributed by atoms with Crippen LogP contribution in [0.3, 0.4) is 0 Å². The van der Waals surface area contributed by atoms with E-state index in [0.29, 0.717) is 31.4 Å². The molecule has 10 heteroatoms. The summed E-state index contributed by atoms with van der Waals surface area (Å²) in [6.07, 6.45) is 2.10. The number of nitrogens with zero attached hydrogens (tertiary/aromatic N) is 3. The van der Waals surface area contributed by atoms with Gasteiger partial charge in [0, 0.05) is 31.3 Å². The lowest BCUT2D eigenvalue weighted by Crippen LogP contribution is -2.39. The first kappa shape index (κ1) is 26.9. The van der Waals surface area contributed by atoms with Crippen molar-refractivity contribution in [3.05, 3.63) is 77.6 Å². The second-order valence-corrected chi connectivity index (χ2v) is 11.8. The maximum atomic E-state index is 14.1. The van der Waals surface area contributed by atoms with E-state index >= 15 is 0 Å². The molecule has 2 heterocycles. The van der Waals surface area contributed by atoms with Crippen molar-refractivity contribution < 1.29 is 22.0 Å². The molecule has 0 saturated carbocycles. The van der Waals surface area contributed by atoms with E-state index in [9.17, 15) is 22.0 Å². The van der Waals surface area contributed by atoms with Crippen LogP contribution in [0.2, 0.25) is 0 Å². The molecule has 0 radical (unpaired) electrons. The van der Waals surface area contributed by atoms with Crippen molar-refractivity contribution in [3.8, 4) is 5.69 Å². The van der Waals surface area contributed by atoms with Gasteiger partial charge in [0.15, 0.2) is 0 Å². The summed E-state index contributed by atoms with van der Waals surface area (Å²) in [5, 5.41) is 7.64. The number of hydrogen-bond acceptors (Lipinski definition) is 4. The molecule has 7 nitrogen and oxygen atoms in total. The second kappa shape index (κ2) is 11.5.